The van der Waals surface area contributed by atoms with Crippen LogP contribution in [-0.4, -0.2) is 27.0 Å². The molecule has 1 amide bonds. The zero-order valence-electron chi connectivity index (χ0n) is 17.5. The number of aryl methyl sites for hydroxylation is 2. The summed E-state index contributed by atoms with van der Waals surface area (Å²) >= 11 is 7.90. The molecule has 0 saturated carbocycles. The minimum absolute atomic E-state index is 0.0609. The number of thiazole rings is 1. The van der Waals surface area contributed by atoms with Crippen molar-refractivity contribution in [1.29, 1.82) is 0 Å². The summed E-state index contributed by atoms with van der Waals surface area (Å²) in [5.41, 5.74) is 2.54. The Kier molecular flexibility index (Phi) is 5.64. The van der Waals surface area contributed by atoms with Crippen molar-refractivity contribution in [2.45, 2.75) is 19.9 Å². The molecule has 0 radical (unpaired) electrons. The van der Waals surface area contributed by atoms with Crippen LogP contribution >= 0.6 is 22.9 Å². The number of fused-ring (bicyclic) bond motifs is 2. The minimum atomic E-state index is -0.0609. The average molecular weight is 461 g/mol. The first-order valence-electron chi connectivity index (χ1n) is 10.4. The van der Waals surface area contributed by atoms with Gasteiger partial charge in [-0.15, -0.1) is 0 Å². The Morgan fingerprint density at radius 3 is 2.75 bits per heavy atom. The molecule has 0 unspecified atom stereocenters. The summed E-state index contributed by atoms with van der Waals surface area (Å²) in [5.74, 6) is -0.0609. The quantitative estimate of drug-likeness (QED) is 0.297. The molecular weight excluding hydrogens is 440 g/mol. The molecule has 0 saturated heterocycles. The minimum Gasteiger partial charge on any atom is -0.337 e. The zero-order chi connectivity index (χ0) is 22.1. The number of amides is 1. The van der Waals surface area contributed by atoms with Crippen LogP contribution in [0.2, 0.25) is 5.02 Å². The summed E-state index contributed by atoms with van der Waals surface area (Å²) in [5, 5.41) is 3.48. The van der Waals surface area contributed by atoms with Crippen LogP contribution in [0.15, 0.2) is 73.3 Å². The maximum Gasteiger partial charge on any atom is 0.260 e. The summed E-state index contributed by atoms with van der Waals surface area (Å²) in [4.78, 5) is 24.4. The van der Waals surface area contributed by atoms with Gasteiger partial charge in [-0.05, 0) is 47.9 Å². The number of aromatic nitrogens is 3. The molecule has 0 spiro atoms. The second-order valence-electron chi connectivity index (χ2n) is 7.71. The van der Waals surface area contributed by atoms with Gasteiger partial charge in [0.2, 0.25) is 0 Å². The van der Waals surface area contributed by atoms with Crippen molar-refractivity contribution in [3.8, 4) is 0 Å². The first-order valence-corrected chi connectivity index (χ1v) is 11.6. The summed E-state index contributed by atoms with van der Waals surface area (Å²) < 4.78 is 2.92. The number of nitrogens with zero attached hydrogens (tertiary/aromatic N) is 4. The van der Waals surface area contributed by atoms with E-state index in [4.69, 9.17) is 16.6 Å². The summed E-state index contributed by atoms with van der Waals surface area (Å²) in [6, 6.07) is 17.7. The fourth-order valence-corrected chi connectivity index (χ4v) is 5.14. The van der Waals surface area contributed by atoms with E-state index in [0.29, 0.717) is 22.3 Å². The van der Waals surface area contributed by atoms with Crippen LogP contribution < -0.4 is 4.90 Å². The highest BCUT2D eigenvalue weighted by Crippen LogP contribution is 2.36. The van der Waals surface area contributed by atoms with Crippen LogP contribution in [0.3, 0.4) is 0 Å². The van der Waals surface area contributed by atoms with Gasteiger partial charge < -0.3 is 4.57 Å². The Hall–Kier alpha value is -3.22. The molecule has 2 heterocycles. The van der Waals surface area contributed by atoms with E-state index >= 15 is 0 Å². The van der Waals surface area contributed by atoms with Gasteiger partial charge in [0.15, 0.2) is 5.13 Å². The lowest BCUT2D eigenvalue weighted by molar-refractivity contribution is 0.0986. The molecule has 0 aliphatic heterocycles. The summed E-state index contributed by atoms with van der Waals surface area (Å²) in [6.07, 6.45) is 6.25. The molecule has 5 aromatic rings. The molecule has 3 aromatic carbocycles. The Morgan fingerprint density at radius 2 is 1.97 bits per heavy atom. The van der Waals surface area contributed by atoms with Gasteiger partial charge in [-0.25, -0.2) is 9.97 Å². The first-order chi connectivity index (χ1) is 15.6. The normalized spacial score (nSPS) is 11.3. The Morgan fingerprint density at radius 1 is 1.12 bits per heavy atom. The average Bonchev–Trinajstić information content (AvgIpc) is 3.49. The highest BCUT2D eigenvalue weighted by Gasteiger charge is 2.22. The zero-order valence-corrected chi connectivity index (χ0v) is 19.1. The van der Waals surface area contributed by atoms with E-state index in [2.05, 4.69) is 4.98 Å². The molecular formula is C25H21ClN4OS. The fraction of sp³-hybridized carbons (Fsp3) is 0.160. The number of halogens is 1. The van der Waals surface area contributed by atoms with Gasteiger partial charge in [-0.2, -0.15) is 0 Å². The standard InChI is InChI=1S/C25H21ClN4OS/c1-17-7-10-21(26)23-22(17)28-25(32-23)30(13-4-12-29-14-11-27-16-29)24(31)20-9-8-18-5-2-3-6-19(18)15-20/h2-3,5-11,14-16H,4,12-13H2,1H3. The van der Waals surface area contributed by atoms with Crippen LogP contribution in [0.4, 0.5) is 5.13 Å². The van der Waals surface area contributed by atoms with Gasteiger partial charge in [0.05, 0.1) is 21.6 Å². The van der Waals surface area contributed by atoms with Gasteiger partial charge >= 0.3 is 0 Å². The predicted octanol–water partition coefficient (Wildman–Crippen LogP) is 6.34. The van der Waals surface area contributed by atoms with Gasteiger partial charge in [-0.1, -0.05) is 59.3 Å². The largest absolute Gasteiger partial charge is 0.337 e. The van der Waals surface area contributed by atoms with Crippen molar-refractivity contribution >= 4 is 55.0 Å². The van der Waals surface area contributed by atoms with E-state index in [1.54, 1.807) is 17.4 Å². The SMILES string of the molecule is Cc1ccc(Cl)c2sc(N(CCCn3ccnc3)C(=O)c3ccc4ccccc4c3)nc12. The number of benzene rings is 3. The fourth-order valence-electron chi connectivity index (χ4n) is 3.80. The maximum absolute atomic E-state index is 13.7. The van der Waals surface area contributed by atoms with Crippen molar-refractivity contribution in [2.24, 2.45) is 0 Å². The van der Waals surface area contributed by atoms with Gasteiger partial charge in [-0.3, -0.25) is 9.69 Å². The lowest BCUT2D eigenvalue weighted by atomic mass is 10.1. The third-order valence-electron chi connectivity index (χ3n) is 5.52. The number of carbonyl (C=O) groups excluding carboxylic acids is 1. The highest BCUT2D eigenvalue weighted by molar-refractivity contribution is 7.23. The highest BCUT2D eigenvalue weighted by atomic mass is 35.5. The number of carbonyl (C=O) groups is 1. The third kappa shape index (κ3) is 3.99. The molecule has 0 aliphatic carbocycles. The van der Waals surface area contributed by atoms with Crippen molar-refractivity contribution in [3.63, 3.8) is 0 Å². The smallest absolute Gasteiger partial charge is 0.260 e. The summed E-state index contributed by atoms with van der Waals surface area (Å²) in [6.45, 7) is 3.32. The second-order valence-corrected chi connectivity index (χ2v) is 9.10. The molecule has 7 heteroatoms. The second kappa shape index (κ2) is 8.73. The van der Waals surface area contributed by atoms with Crippen LogP contribution in [0.5, 0.6) is 0 Å². The molecule has 5 rings (SSSR count). The van der Waals surface area contributed by atoms with Crippen LogP contribution in [0.1, 0.15) is 22.3 Å². The Balaban J connectivity index is 1.51. The Bertz CT molecular complexity index is 1370. The maximum atomic E-state index is 13.7. The topological polar surface area (TPSA) is 51.0 Å². The molecule has 5 nitrogen and oxygen atoms in total. The van der Waals surface area contributed by atoms with Crippen molar-refractivity contribution in [3.05, 3.63) is 89.5 Å². The monoisotopic (exact) mass is 460 g/mol. The van der Waals surface area contributed by atoms with E-state index in [1.165, 1.54) is 11.3 Å². The molecule has 32 heavy (non-hydrogen) atoms. The molecule has 0 aliphatic rings. The lowest BCUT2D eigenvalue weighted by Gasteiger charge is -2.20. The van der Waals surface area contributed by atoms with Crippen LogP contribution in [0.25, 0.3) is 21.0 Å². The van der Waals surface area contributed by atoms with Crippen LogP contribution in [-0.2, 0) is 6.54 Å². The van der Waals surface area contributed by atoms with Crippen LogP contribution in [0, 0.1) is 6.92 Å². The van der Waals surface area contributed by atoms with E-state index in [9.17, 15) is 4.79 Å². The molecule has 2 aromatic heterocycles. The molecule has 0 fully saturated rings. The molecule has 0 N–H and O–H groups in total. The van der Waals surface area contributed by atoms with Crippen molar-refractivity contribution in [1.82, 2.24) is 14.5 Å². The number of imidazole rings is 1. The molecule has 0 atom stereocenters. The van der Waals surface area contributed by atoms with E-state index < -0.39 is 0 Å². The first kappa shape index (κ1) is 20.7. The number of rotatable bonds is 6. The molecule has 160 valence electrons. The molecule has 0 bridgehead atoms. The summed E-state index contributed by atoms with van der Waals surface area (Å²) in [7, 11) is 0. The van der Waals surface area contributed by atoms with Gasteiger partial charge in [0.1, 0.15) is 0 Å². The third-order valence-corrected chi connectivity index (χ3v) is 7.05. The number of hydrogen-bond acceptors (Lipinski definition) is 4. The predicted molar refractivity (Wildman–Crippen MR) is 132 cm³/mol. The van der Waals surface area contributed by atoms with E-state index in [-0.39, 0.29) is 5.91 Å². The van der Waals surface area contributed by atoms with Gasteiger partial charge in [0, 0.05) is 31.0 Å². The van der Waals surface area contributed by atoms with Crippen molar-refractivity contribution < 1.29 is 4.79 Å². The van der Waals surface area contributed by atoms with Gasteiger partial charge in [0.25, 0.3) is 5.91 Å². The Labute approximate surface area is 194 Å². The van der Waals surface area contributed by atoms with E-state index in [1.807, 2.05) is 72.3 Å². The number of hydrogen-bond donors (Lipinski definition) is 0. The number of anilines is 1. The van der Waals surface area contributed by atoms with E-state index in [0.717, 1.165) is 39.5 Å². The van der Waals surface area contributed by atoms with Crippen molar-refractivity contribution in [2.75, 3.05) is 11.4 Å². The lowest BCUT2D eigenvalue weighted by Crippen LogP contribution is -2.32.